The van der Waals surface area contributed by atoms with Crippen LogP contribution in [-0.2, 0) is 9.78 Å². The fraction of sp³-hybridized carbons (Fsp3) is 0.273. The maximum Gasteiger partial charge on any atom is 0.387 e. The number of ketones is 2. The van der Waals surface area contributed by atoms with Gasteiger partial charge in [0.2, 0.25) is 0 Å². The van der Waals surface area contributed by atoms with Gasteiger partial charge in [0.05, 0.1) is 31.2 Å². The van der Waals surface area contributed by atoms with E-state index in [4.69, 9.17) is 46.4 Å². The summed E-state index contributed by atoms with van der Waals surface area (Å²) in [6.45, 7) is 3.67. The molecule has 6 nitrogen and oxygen atoms in total. The maximum atomic E-state index is 12.3. The quantitative estimate of drug-likeness (QED) is 0.208. The molecule has 0 bridgehead atoms. The van der Waals surface area contributed by atoms with Crippen LogP contribution in [0.4, 0.5) is 0 Å². The molecule has 0 spiro atoms. The lowest BCUT2D eigenvalue weighted by Crippen LogP contribution is -2.14. The van der Waals surface area contributed by atoms with E-state index in [9.17, 15) is 19.2 Å². The molecule has 2 rings (SSSR count). The summed E-state index contributed by atoms with van der Waals surface area (Å²) in [7, 11) is 0. The number of carbonyl (C=O) groups excluding carboxylic acids is 4. The second-order valence-electron chi connectivity index (χ2n) is 6.67. The Bertz CT molecular complexity index is 995. The maximum absolute atomic E-state index is 12.3. The molecule has 0 unspecified atom stereocenters. The molecule has 32 heavy (non-hydrogen) atoms. The Morgan fingerprint density at radius 3 is 1.19 bits per heavy atom. The molecule has 2 aromatic rings. The van der Waals surface area contributed by atoms with Crippen LogP contribution in [0.1, 0.15) is 81.0 Å². The molecule has 0 fully saturated rings. The zero-order chi connectivity index (χ0) is 24.0. The largest absolute Gasteiger partial charge is 0.387 e. The summed E-state index contributed by atoms with van der Waals surface area (Å²) < 4.78 is 0. The summed E-state index contributed by atoms with van der Waals surface area (Å²) in [4.78, 5) is 57.8. The van der Waals surface area contributed by atoms with Gasteiger partial charge in [-0.3, -0.25) is 9.59 Å². The number of benzene rings is 2. The van der Waals surface area contributed by atoms with Crippen LogP contribution >= 0.6 is 46.4 Å². The minimum atomic E-state index is -1.11. The first-order chi connectivity index (χ1) is 15.1. The van der Waals surface area contributed by atoms with Crippen LogP contribution in [0, 0.1) is 0 Å². The lowest BCUT2D eigenvalue weighted by atomic mass is 10.0. The highest BCUT2D eigenvalue weighted by Crippen LogP contribution is 2.33. The van der Waals surface area contributed by atoms with E-state index in [1.807, 2.05) is 13.8 Å². The van der Waals surface area contributed by atoms with E-state index in [2.05, 4.69) is 9.78 Å². The van der Waals surface area contributed by atoms with Crippen LogP contribution in [0.3, 0.4) is 0 Å². The van der Waals surface area contributed by atoms with E-state index >= 15 is 0 Å². The standard InChI is InChI=1S/C22H18Cl4O6/c1-3-5-15(27)11-7-9-13(19(25)17(11)23)21(29)31-32-22(30)14-10-8-12(16(28)6-4-2)18(24)20(14)26/h7-10H,3-6H2,1-2H3. The van der Waals surface area contributed by atoms with Crippen molar-refractivity contribution in [2.45, 2.75) is 39.5 Å². The van der Waals surface area contributed by atoms with Gasteiger partial charge in [0, 0.05) is 24.0 Å². The highest BCUT2D eigenvalue weighted by molar-refractivity contribution is 6.46. The molecule has 0 amide bonds. The Morgan fingerprint density at radius 2 is 0.875 bits per heavy atom. The molecule has 0 aliphatic carbocycles. The number of hydrogen-bond donors (Lipinski definition) is 0. The first-order valence-electron chi connectivity index (χ1n) is 9.59. The van der Waals surface area contributed by atoms with Crippen molar-refractivity contribution >= 4 is 69.9 Å². The van der Waals surface area contributed by atoms with Gasteiger partial charge in [-0.1, -0.05) is 60.3 Å². The summed E-state index contributed by atoms with van der Waals surface area (Å²) in [5.41, 5.74) is -0.0679. The van der Waals surface area contributed by atoms with Crippen LogP contribution in [0.25, 0.3) is 0 Å². The van der Waals surface area contributed by atoms with Crippen LogP contribution < -0.4 is 0 Å². The van der Waals surface area contributed by atoms with Crippen molar-refractivity contribution in [2.24, 2.45) is 0 Å². The average molecular weight is 520 g/mol. The highest BCUT2D eigenvalue weighted by Gasteiger charge is 2.24. The van der Waals surface area contributed by atoms with Gasteiger partial charge in [-0.2, -0.15) is 0 Å². The molecule has 0 saturated carbocycles. The van der Waals surface area contributed by atoms with Crippen molar-refractivity contribution in [1.82, 2.24) is 0 Å². The Hall–Kier alpha value is -2.12. The summed E-state index contributed by atoms with van der Waals surface area (Å²) in [5.74, 6) is -2.68. The minimum absolute atomic E-state index is 0.104. The lowest BCUT2D eigenvalue weighted by molar-refractivity contribution is -0.187. The number of hydrogen-bond acceptors (Lipinski definition) is 6. The van der Waals surface area contributed by atoms with Gasteiger partial charge in [-0.05, 0) is 37.1 Å². The normalized spacial score (nSPS) is 10.6. The monoisotopic (exact) mass is 518 g/mol. The molecular formula is C22H18Cl4O6. The number of Topliss-reactive ketones (excluding diaryl/α,β-unsaturated/α-hetero) is 2. The Kier molecular flexibility index (Phi) is 9.52. The third kappa shape index (κ3) is 5.81. The van der Waals surface area contributed by atoms with Crippen LogP contribution in [0.15, 0.2) is 24.3 Å². The molecule has 0 aliphatic heterocycles. The van der Waals surface area contributed by atoms with Crippen LogP contribution in [-0.4, -0.2) is 23.5 Å². The second-order valence-corrected chi connectivity index (χ2v) is 8.18. The Morgan fingerprint density at radius 1 is 0.594 bits per heavy atom. The van der Waals surface area contributed by atoms with E-state index in [1.165, 1.54) is 24.3 Å². The van der Waals surface area contributed by atoms with Gasteiger partial charge < -0.3 is 0 Å². The zero-order valence-electron chi connectivity index (χ0n) is 17.1. The predicted molar refractivity (Wildman–Crippen MR) is 122 cm³/mol. The Balaban J connectivity index is 2.16. The molecule has 170 valence electrons. The first kappa shape index (κ1) is 26.1. The van der Waals surface area contributed by atoms with E-state index in [0.29, 0.717) is 12.8 Å². The smallest absolute Gasteiger partial charge is 0.294 e. The van der Waals surface area contributed by atoms with E-state index in [-0.39, 0.29) is 66.8 Å². The van der Waals surface area contributed by atoms with E-state index in [0.717, 1.165) is 0 Å². The lowest BCUT2D eigenvalue weighted by Gasteiger charge is -2.10. The van der Waals surface area contributed by atoms with Crippen LogP contribution in [0.2, 0.25) is 20.1 Å². The molecule has 0 heterocycles. The van der Waals surface area contributed by atoms with Crippen molar-refractivity contribution in [3.05, 3.63) is 66.6 Å². The van der Waals surface area contributed by atoms with Gasteiger partial charge in [-0.15, -0.1) is 0 Å². The second kappa shape index (κ2) is 11.7. The summed E-state index contributed by atoms with van der Waals surface area (Å²) in [5, 5.41) is -0.634. The molecule has 0 aromatic heterocycles. The average Bonchev–Trinajstić information content (AvgIpc) is 2.75. The third-order valence-corrected chi connectivity index (χ3v) is 6.12. The molecule has 0 aliphatic rings. The van der Waals surface area contributed by atoms with Crippen molar-refractivity contribution in [2.75, 3.05) is 0 Å². The summed E-state index contributed by atoms with van der Waals surface area (Å²) in [6, 6.07) is 5.16. The third-order valence-electron chi connectivity index (χ3n) is 4.35. The van der Waals surface area contributed by atoms with Crippen molar-refractivity contribution < 1.29 is 29.0 Å². The first-order valence-corrected chi connectivity index (χ1v) is 11.1. The molecule has 0 saturated heterocycles. The zero-order valence-corrected chi connectivity index (χ0v) is 20.1. The van der Waals surface area contributed by atoms with Crippen molar-refractivity contribution in [1.29, 1.82) is 0 Å². The van der Waals surface area contributed by atoms with Gasteiger partial charge in [-0.25, -0.2) is 19.4 Å². The fourth-order valence-corrected chi connectivity index (χ4v) is 3.76. The number of rotatable bonds is 8. The number of halogens is 4. The van der Waals surface area contributed by atoms with Gasteiger partial charge in [0.1, 0.15) is 0 Å². The van der Waals surface area contributed by atoms with Crippen LogP contribution in [0.5, 0.6) is 0 Å². The van der Waals surface area contributed by atoms with Crippen molar-refractivity contribution in [3.63, 3.8) is 0 Å². The fourth-order valence-electron chi connectivity index (χ4n) is 2.73. The SMILES string of the molecule is CCCC(=O)c1ccc(C(=O)OOC(=O)c2ccc(C(=O)CCC)c(Cl)c2Cl)c(Cl)c1Cl. The van der Waals surface area contributed by atoms with E-state index in [1.54, 1.807) is 0 Å². The molecular weight excluding hydrogens is 502 g/mol. The molecule has 10 heteroatoms. The molecule has 0 radical (unpaired) electrons. The Labute approximate surface area is 204 Å². The van der Waals surface area contributed by atoms with E-state index < -0.39 is 11.9 Å². The van der Waals surface area contributed by atoms with Crippen molar-refractivity contribution in [3.8, 4) is 0 Å². The molecule has 0 atom stereocenters. The molecule has 2 aromatic carbocycles. The summed E-state index contributed by atoms with van der Waals surface area (Å²) in [6.07, 6.45) is 1.77. The number of carbonyl (C=O) groups is 4. The minimum Gasteiger partial charge on any atom is -0.294 e. The predicted octanol–water partition coefficient (Wildman–Crippen LogP) is 7.19. The highest BCUT2D eigenvalue weighted by atomic mass is 35.5. The molecule has 0 N–H and O–H groups in total. The van der Waals surface area contributed by atoms with Gasteiger partial charge >= 0.3 is 11.9 Å². The summed E-state index contributed by atoms with van der Waals surface area (Å²) >= 11 is 24.4. The topological polar surface area (TPSA) is 86.7 Å². The van der Waals surface area contributed by atoms with Gasteiger partial charge in [0.15, 0.2) is 11.6 Å². The van der Waals surface area contributed by atoms with Gasteiger partial charge in [0.25, 0.3) is 0 Å².